The van der Waals surface area contributed by atoms with E-state index in [0.29, 0.717) is 0 Å². The van der Waals surface area contributed by atoms with Crippen molar-refractivity contribution in [3.05, 3.63) is 29.6 Å². The van der Waals surface area contributed by atoms with Gasteiger partial charge in [0.2, 0.25) is 0 Å². The Bertz CT molecular complexity index is 385. The van der Waals surface area contributed by atoms with Gasteiger partial charge in [0.25, 0.3) is 5.91 Å². The van der Waals surface area contributed by atoms with E-state index in [1.165, 1.54) is 13.3 Å². The molecule has 1 unspecified atom stereocenters. The van der Waals surface area contributed by atoms with E-state index in [0.717, 1.165) is 11.3 Å². The fraction of sp³-hybridized carbons (Fsp3) is 0.500. The maximum atomic E-state index is 11.2. The van der Waals surface area contributed by atoms with Crippen molar-refractivity contribution in [1.29, 1.82) is 5.41 Å². The highest BCUT2D eigenvalue weighted by molar-refractivity contribution is 6.36. The first-order valence-electron chi connectivity index (χ1n) is 6.20. The lowest BCUT2D eigenvalue weighted by Gasteiger charge is -2.12. The Morgan fingerprint density at radius 1 is 1.44 bits per heavy atom. The van der Waals surface area contributed by atoms with Crippen molar-refractivity contribution >= 4 is 11.6 Å². The van der Waals surface area contributed by atoms with Crippen molar-refractivity contribution < 1.29 is 4.79 Å². The minimum Gasteiger partial charge on any atom is -0.343 e. The second kappa shape index (κ2) is 8.39. The quantitative estimate of drug-likeness (QED) is 0.809. The zero-order valence-corrected chi connectivity index (χ0v) is 11.9. The van der Waals surface area contributed by atoms with Crippen molar-refractivity contribution in [2.45, 2.75) is 47.1 Å². The van der Waals surface area contributed by atoms with E-state index in [2.05, 4.69) is 24.1 Å². The Balaban J connectivity index is 0.000000873. The van der Waals surface area contributed by atoms with Gasteiger partial charge in [-0.1, -0.05) is 26.3 Å². The molecule has 1 aromatic heterocycles. The normalized spacial score (nSPS) is 10.9. The summed E-state index contributed by atoms with van der Waals surface area (Å²) in [7, 11) is 0. The van der Waals surface area contributed by atoms with Crippen molar-refractivity contribution in [1.82, 2.24) is 10.3 Å². The van der Waals surface area contributed by atoms with Crippen LogP contribution in [0.1, 0.15) is 51.4 Å². The highest BCUT2D eigenvalue weighted by atomic mass is 16.1. The minimum absolute atomic E-state index is 0.00830. The van der Waals surface area contributed by atoms with Crippen LogP contribution in [0.2, 0.25) is 0 Å². The third-order valence-electron chi connectivity index (χ3n) is 2.07. The second-order valence-corrected chi connectivity index (χ2v) is 4.29. The van der Waals surface area contributed by atoms with E-state index in [-0.39, 0.29) is 17.7 Å². The van der Waals surface area contributed by atoms with E-state index < -0.39 is 0 Å². The van der Waals surface area contributed by atoms with Gasteiger partial charge >= 0.3 is 0 Å². The van der Waals surface area contributed by atoms with Crippen LogP contribution in [0.3, 0.4) is 0 Å². The SMILES string of the molecule is CC(=N)C(=O)NC(C)c1ccc(C)cn1.CCC. The van der Waals surface area contributed by atoms with Gasteiger partial charge in [-0.05, 0) is 32.4 Å². The lowest BCUT2D eigenvalue weighted by Crippen LogP contribution is -2.31. The molecule has 0 spiro atoms. The summed E-state index contributed by atoms with van der Waals surface area (Å²) in [5, 5.41) is 9.85. The zero-order chi connectivity index (χ0) is 14.1. The van der Waals surface area contributed by atoms with Crippen LogP contribution in [-0.4, -0.2) is 16.6 Å². The molecule has 0 aliphatic carbocycles. The van der Waals surface area contributed by atoms with E-state index in [4.69, 9.17) is 5.41 Å². The fourth-order valence-electron chi connectivity index (χ4n) is 1.11. The van der Waals surface area contributed by atoms with Crippen LogP contribution in [0, 0.1) is 12.3 Å². The van der Waals surface area contributed by atoms with E-state index in [1.807, 2.05) is 26.0 Å². The number of nitrogens with one attached hydrogen (secondary N) is 2. The number of amides is 1. The summed E-state index contributed by atoms with van der Waals surface area (Å²) in [6.07, 6.45) is 3.01. The number of aromatic nitrogens is 1. The minimum atomic E-state index is -0.357. The molecule has 0 fully saturated rings. The molecule has 1 amide bonds. The highest BCUT2D eigenvalue weighted by Gasteiger charge is 2.11. The average molecular weight is 249 g/mol. The van der Waals surface area contributed by atoms with Gasteiger partial charge in [0, 0.05) is 6.20 Å². The number of carbonyl (C=O) groups excluding carboxylic acids is 1. The van der Waals surface area contributed by atoms with Gasteiger partial charge in [0.05, 0.1) is 17.4 Å². The van der Waals surface area contributed by atoms with Gasteiger partial charge in [-0.2, -0.15) is 0 Å². The average Bonchev–Trinajstić information content (AvgIpc) is 2.30. The molecule has 1 atom stereocenters. The summed E-state index contributed by atoms with van der Waals surface area (Å²) in [6, 6.07) is 3.65. The molecule has 1 aromatic rings. The predicted molar refractivity (Wildman–Crippen MR) is 74.9 cm³/mol. The number of aryl methyl sites for hydroxylation is 1. The zero-order valence-electron chi connectivity index (χ0n) is 11.9. The second-order valence-electron chi connectivity index (χ2n) is 4.29. The summed E-state index contributed by atoms with van der Waals surface area (Å²) in [6.45, 7) is 9.52. The molecule has 1 heterocycles. The Kier molecular flexibility index (Phi) is 7.59. The standard InChI is InChI=1S/C11H15N3O.C3H8/c1-7-4-5-10(13-6-7)9(3)14-11(15)8(2)12;1-3-2/h4-6,9,12H,1-3H3,(H,14,15);3H2,1-2H3. The van der Waals surface area contributed by atoms with Crippen LogP contribution in [0.25, 0.3) is 0 Å². The highest BCUT2D eigenvalue weighted by Crippen LogP contribution is 2.09. The summed E-state index contributed by atoms with van der Waals surface area (Å²) in [5.74, 6) is -0.357. The van der Waals surface area contributed by atoms with E-state index in [1.54, 1.807) is 6.20 Å². The van der Waals surface area contributed by atoms with Gasteiger partial charge in [-0.25, -0.2) is 0 Å². The van der Waals surface area contributed by atoms with Crippen molar-refractivity contribution in [3.63, 3.8) is 0 Å². The predicted octanol–water partition coefficient (Wildman–Crippen LogP) is 3.02. The summed E-state index contributed by atoms with van der Waals surface area (Å²) >= 11 is 0. The first-order chi connectivity index (χ1) is 8.42. The molecule has 1 rings (SSSR count). The van der Waals surface area contributed by atoms with Gasteiger partial charge in [-0.15, -0.1) is 0 Å². The molecule has 0 saturated carbocycles. The number of hydrogen-bond acceptors (Lipinski definition) is 3. The molecular formula is C14H23N3O. The number of hydrogen-bond donors (Lipinski definition) is 2. The molecule has 0 aliphatic heterocycles. The number of rotatable bonds is 3. The summed E-state index contributed by atoms with van der Waals surface area (Å²) in [5.41, 5.74) is 1.89. The van der Waals surface area contributed by atoms with Crippen LogP contribution in [0.5, 0.6) is 0 Å². The summed E-state index contributed by atoms with van der Waals surface area (Å²) < 4.78 is 0. The largest absolute Gasteiger partial charge is 0.343 e. The van der Waals surface area contributed by atoms with Gasteiger partial charge in [-0.3, -0.25) is 15.2 Å². The monoisotopic (exact) mass is 249 g/mol. The Labute approximate surface area is 109 Å². The molecule has 4 heteroatoms. The maximum Gasteiger partial charge on any atom is 0.265 e. The Morgan fingerprint density at radius 3 is 2.39 bits per heavy atom. The summed E-state index contributed by atoms with van der Waals surface area (Å²) in [4.78, 5) is 15.4. The molecule has 0 aliphatic rings. The van der Waals surface area contributed by atoms with Crippen molar-refractivity contribution in [3.8, 4) is 0 Å². The molecule has 4 nitrogen and oxygen atoms in total. The Hall–Kier alpha value is -1.71. The first kappa shape index (κ1) is 16.3. The van der Waals surface area contributed by atoms with Gasteiger partial charge < -0.3 is 5.32 Å². The Morgan fingerprint density at radius 2 is 2.00 bits per heavy atom. The van der Waals surface area contributed by atoms with Crippen LogP contribution in [0.4, 0.5) is 0 Å². The van der Waals surface area contributed by atoms with Crippen LogP contribution < -0.4 is 5.32 Å². The number of nitrogens with zero attached hydrogens (tertiary/aromatic N) is 1. The van der Waals surface area contributed by atoms with Crippen LogP contribution in [0.15, 0.2) is 18.3 Å². The molecule has 18 heavy (non-hydrogen) atoms. The van der Waals surface area contributed by atoms with E-state index in [9.17, 15) is 4.79 Å². The van der Waals surface area contributed by atoms with Crippen LogP contribution in [-0.2, 0) is 4.79 Å². The van der Waals surface area contributed by atoms with Gasteiger partial charge in [0.15, 0.2) is 0 Å². The lowest BCUT2D eigenvalue weighted by molar-refractivity contribution is -0.115. The third kappa shape index (κ3) is 6.13. The van der Waals surface area contributed by atoms with E-state index >= 15 is 0 Å². The number of carbonyl (C=O) groups is 1. The third-order valence-corrected chi connectivity index (χ3v) is 2.07. The molecule has 100 valence electrons. The lowest BCUT2D eigenvalue weighted by atomic mass is 10.2. The smallest absolute Gasteiger partial charge is 0.265 e. The first-order valence-corrected chi connectivity index (χ1v) is 6.20. The maximum absolute atomic E-state index is 11.2. The van der Waals surface area contributed by atoms with Gasteiger partial charge in [0.1, 0.15) is 0 Å². The van der Waals surface area contributed by atoms with Crippen molar-refractivity contribution in [2.24, 2.45) is 0 Å². The van der Waals surface area contributed by atoms with Crippen LogP contribution >= 0.6 is 0 Å². The number of pyridine rings is 1. The topological polar surface area (TPSA) is 65.8 Å². The van der Waals surface area contributed by atoms with Crippen molar-refractivity contribution in [2.75, 3.05) is 0 Å². The molecule has 0 saturated heterocycles. The fourth-order valence-corrected chi connectivity index (χ4v) is 1.11. The molecule has 0 aromatic carbocycles. The molecule has 0 bridgehead atoms. The molecule has 0 radical (unpaired) electrons. The molecular weight excluding hydrogens is 226 g/mol. The molecule has 2 N–H and O–H groups in total.